The van der Waals surface area contributed by atoms with Gasteiger partial charge in [0.05, 0.1) is 35.6 Å². The van der Waals surface area contributed by atoms with Gasteiger partial charge in [0.2, 0.25) is 0 Å². The number of nitrogens with zero attached hydrogens (tertiary/aromatic N) is 3. The SMILES string of the molecule is C=C1CC(c2ccncc2[N+](=O)[O-])=C[C@@H](NC(=O)OC(C)(C)C)[C@H]1OCCC#N. The summed E-state index contributed by atoms with van der Waals surface area (Å²) in [6.07, 6.45) is 3.65. The molecular weight excluding hydrogens is 376 g/mol. The van der Waals surface area contributed by atoms with E-state index in [2.05, 4.69) is 16.9 Å². The quantitative estimate of drug-likeness (QED) is 0.335. The fourth-order valence-electron chi connectivity index (χ4n) is 2.96. The number of hydrogen-bond acceptors (Lipinski definition) is 7. The summed E-state index contributed by atoms with van der Waals surface area (Å²) in [6, 6.07) is 2.89. The van der Waals surface area contributed by atoms with Gasteiger partial charge in [-0.15, -0.1) is 0 Å². The Labute approximate surface area is 169 Å². The topological polar surface area (TPSA) is 127 Å². The van der Waals surface area contributed by atoms with Crippen molar-refractivity contribution < 1.29 is 19.2 Å². The molecule has 154 valence electrons. The number of amides is 1. The Morgan fingerprint density at radius 3 is 2.86 bits per heavy atom. The Morgan fingerprint density at radius 1 is 1.52 bits per heavy atom. The Bertz CT molecular complexity index is 866. The van der Waals surface area contributed by atoms with E-state index in [0.29, 0.717) is 23.1 Å². The highest BCUT2D eigenvalue weighted by molar-refractivity contribution is 5.77. The van der Waals surface area contributed by atoms with Gasteiger partial charge in [-0.1, -0.05) is 12.7 Å². The first-order chi connectivity index (χ1) is 13.6. The van der Waals surface area contributed by atoms with E-state index in [1.807, 2.05) is 6.07 Å². The number of rotatable bonds is 6. The van der Waals surface area contributed by atoms with E-state index in [-0.39, 0.29) is 18.7 Å². The van der Waals surface area contributed by atoms with Gasteiger partial charge in [0.15, 0.2) is 0 Å². The molecule has 1 aliphatic rings. The molecule has 9 nitrogen and oxygen atoms in total. The molecule has 1 aromatic heterocycles. The van der Waals surface area contributed by atoms with E-state index in [0.717, 1.165) is 0 Å². The number of nitro groups is 1. The van der Waals surface area contributed by atoms with Crippen LogP contribution in [0.3, 0.4) is 0 Å². The lowest BCUT2D eigenvalue weighted by molar-refractivity contribution is -0.385. The Hall–Kier alpha value is -3.25. The van der Waals surface area contributed by atoms with Gasteiger partial charge in [-0.05, 0) is 44.4 Å². The van der Waals surface area contributed by atoms with Gasteiger partial charge in [-0.2, -0.15) is 5.26 Å². The van der Waals surface area contributed by atoms with Crippen LogP contribution in [0.5, 0.6) is 0 Å². The second kappa shape index (κ2) is 9.30. The number of carbonyl (C=O) groups is 1. The zero-order chi connectivity index (χ0) is 21.6. The van der Waals surface area contributed by atoms with Crippen LogP contribution in [0.2, 0.25) is 0 Å². The van der Waals surface area contributed by atoms with Crippen molar-refractivity contribution in [2.45, 2.75) is 51.4 Å². The minimum absolute atomic E-state index is 0.133. The average molecular weight is 400 g/mol. The average Bonchev–Trinajstić information content (AvgIpc) is 2.62. The molecule has 2 rings (SSSR count). The van der Waals surface area contributed by atoms with Crippen molar-refractivity contribution in [1.82, 2.24) is 10.3 Å². The maximum atomic E-state index is 12.3. The highest BCUT2D eigenvalue weighted by atomic mass is 16.6. The molecule has 1 amide bonds. The number of pyridine rings is 1. The summed E-state index contributed by atoms with van der Waals surface area (Å²) in [6.45, 7) is 9.44. The summed E-state index contributed by atoms with van der Waals surface area (Å²) in [7, 11) is 0. The standard InChI is InChI=1S/C20H24N4O5/c1-13-10-14(15-6-8-22-12-17(15)24(26)27)11-16(18(13)28-9-5-7-21)23-19(25)29-20(2,3)4/h6,8,11-12,16,18H,1,5,9-10H2,2-4H3,(H,23,25)/t16-,18+/m1/s1. The third-order valence-electron chi connectivity index (χ3n) is 4.06. The van der Waals surface area contributed by atoms with Crippen molar-refractivity contribution in [3.8, 4) is 6.07 Å². The minimum atomic E-state index is -0.691. The summed E-state index contributed by atoms with van der Waals surface area (Å²) < 4.78 is 11.1. The highest BCUT2D eigenvalue weighted by Crippen LogP contribution is 2.35. The molecule has 0 radical (unpaired) electrons. The Kier molecular flexibility index (Phi) is 7.07. The molecule has 1 aliphatic carbocycles. The first-order valence-electron chi connectivity index (χ1n) is 9.07. The van der Waals surface area contributed by atoms with Crippen LogP contribution in [-0.4, -0.2) is 40.4 Å². The van der Waals surface area contributed by atoms with E-state index >= 15 is 0 Å². The molecular formula is C20H24N4O5. The lowest BCUT2D eigenvalue weighted by atomic mass is 9.85. The number of nitriles is 1. The predicted octanol–water partition coefficient (Wildman–Crippen LogP) is 3.53. The van der Waals surface area contributed by atoms with E-state index in [1.54, 1.807) is 32.9 Å². The fraction of sp³-hybridized carbons (Fsp3) is 0.450. The van der Waals surface area contributed by atoms with Crippen molar-refractivity contribution >= 4 is 17.4 Å². The van der Waals surface area contributed by atoms with Crippen LogP contribution in [0.15, 0.2) is 36.7 Å². The third-order valence-corrected chi connectivity index (χ3v) is 4.06. The Balaban J connectivity index is 2.37. The number of alkyl carbamates (subject to hydrolysis) is 1. The molecule has 0 saturated heterocycles. The normalized spacial score (nSPS) is 19.1. The molecule has 0 bridgehead atoms. The van der Waals surface area contributed by atoms with Crippen LogP contribution in [0, 0.1) is 21.4 Å². The van der Waals surface area contributed by atoms with Crippen molar-refractivity contribution in [2.75, 3.05) is 6.61 Å². The van der Waals surface area contributed by atoms with Gasteiger partial charge < -0.3 is 14.8 Å². The smallest absolute Gasteiger partial charge is 0.408 e. The van der Waals surface area contributed by atoms with Crippen molar-refractivity contribution in [3.05, 3.63) is 52.4 Å². The molecule has 0 spiro atoms. The molecule has 0 aromatic carbocycles. The number of nitrogens with one attached hydrogen (secondary N) is 1. The van der Waals surface area contributed by atoms with Crippen LogP contribution in [0.25, 0.3) is 5.57 Å². The number of aromatic nitrogens is 1. The molecule has 0 aliphatic heterocycles. The maximum absolute atomic E-state index is 12.3. The van der Waals surface area contributed by atoms with Crippen molar-refractivity contribution in [1.29, 1.82) is 5.26 Å². The zero-order valence-electron chi connectivity index (χ0n) is 16.7. The van der Waals surface area contributed by atoms with Crippen LogP contribution < -0.4 is 5.32 Å². The molecule has 2 atom stereocenters. The van der Waals surface area contributed by atoms with E-state index < -0.39 is 28.8 Å². The Morgan fingerprint density at radius 2 is 2.24 bits per heavy atom. The van der Waals surface area contributed by atoms with E-state index in [9.17, 15) is 14.9 Å². The molecule has 0 fully saturated rings. The predicted molar refractivity (Wildman–Crippen MR) is 106 cm³/mol. The number of allylic oxidation sites excluding steroid dienone is 1. The van der Waals surface area contributed by atoms with Gasteiger partial charge in [0.25, 0.3) is 5.69 Å². The van der Waals surface area contributed by atoms with Gasteiger partial charge in [-0.25, -0.2) is 4.79 Å². The summed E-state index contributed by atoms with van der Waals surface area (Å²) in [5.74, 6) is 0. The minimum Gasteiger partial charge on any atom is -0.444 e. The summed E-state index contributed by atoms with van der Waals surface area (Å²) in [5.41, 5.74) is 0.838. The number of hydrogen-bond donors (Lipinski definition) is 1. The zero-order valence-corrected chi connectivity index (χ0v) is 16.7. The summed E-state index contributed by atoms with van der Waals surface area (Å²) >= 11 is 0. The molecule has 1 heterocycles. The van der Waals surface area contributed by atoms with Gasteiger partial charge >= 0.3 is 6.09 Å². The second-order valence-corrected chi connectivity index (χ2v) is 7.55. The number of ether oxygens (including phenoxy) is 2. The molecule has 29 heavy (non-hydrogen) atoms. The fourth-order valence-corrected chi connectivity index (χ4v) is 2.96. The van der Waals surface area contributed by atoms with Gasteiger partial charge in [-0.3, -0.25) is 15.1 Å². The lowest BCUT2D eigenvalue weighted by Crippen LogP contribution is -2.47. The van der Waals surface area contributed by atoms with Gasteiger partial charge in [0, 0.05) is 6.20 Å². The first kappa shape index (κ1) is 22.0. The van der Waals surface area contributed by atoms with E-state index in [4.69, 9.17) is 14.7 Å². The maximum Gasteiger partial charge on any atom is 0.408 e. The first-order valence-corrected chi connectivity index (χ1v) is 9.07. The monoisotopic (exact) mass is 400 g/mol. The summed E-state index contributed by atoms with van der Waals surface area (Å²) in [4.78, 5) is 27.0. The van der Waals surface area contributed by atoms with Crippen molar-refractivity contribution in [2.24, 2.45) is 0 Å². The molecule has 0 unspecified atom stereocenters. The number of carbonyl (C=O) groups excluding carboxylic acids is 1. The van der Waals surface area contributed by atoms with Crippen LogP contribution in [-0.2, 0) is 9.47 Å². The van der Waals surface area contributed by atoms with Crippen LogP contribution in [0.1, 0.15) is 39.2 Å². The largest absolute Gasteiger partial charge is 0.444 e. The molecule has 1 N–H and O–H groups in total. The third kappa shape index (κ3) is 6.12. The highest BCUT2D eigenvalue weighted by Gasteiger charge is 2.33. The molecule has 0 saturated carbocycles. The lowest BCUT2D eigenvalue weighted by Gasteiger charge is -2.33. The molecule has 1 aromatic rings. The second-order valence-electron chi connectivity index (χ2n) is 7.55. The van der Waals surface area contributed by atoms with Crippen molar-refractivity contribution in [3.63, 3.8) is 0 Å². The van der Waals surface area contributed by atoms with E-state index in [1.165, 1.54) is 12.4 Å². The van der Waals surface area contributed by atoms with Crippen LogP contribution in [0.4, 0.5) is 10.5 Å². The summed E-state index contributed by atoms with van der Waals surface area (Å²) in [5, 5.41) is 22.9. The van der Waals surface area contributed by atoms with Crippen LogP contribution >= 0.6 is 0 Å². The van der Waals surface area contributed by atoms with Gasteiger partial charge in [0.1, 0.15) is 17.9 Å². The molecule has 9 heteroatoms.